The van der Waals surface area contributed by atoms with Gasteiger partial charge in [-0.2, -0.15) is 0 Å². The van der Waals surface area contributed by atoms with Crippen molar-refractivity contribution in [3.8, 4) is 0 Å². The van der Waals surface area contributed by atoms with E-state index in [2.05, 4.69) is 35.8 Å². The Morgan fingerprint density at radius 1 is 1.25 bits per heavy atom. The van der Waals surface area contributed by atoms with Gasteiger partial charge in [0.15, 0.2) is 0 Å². The summed E-state index contributed by atoms with van der Waals surface area (Å²) < 4.78 is 0. The van der Waals surface area contributed by atoms with E-state index >= 15 is 0 Å². The summed E-state index contributed by atoms with van der Waals surface area (Å²) in [6.07, 6.45) is 3.40. The fourth-order valence-electron chi connectivity index (χ4n) is 2.28. The third kappa shape index (κ3) is 3.94. The van der Waals surface area contributed by atoms with Gasteiger partial charge in [-0.3, -0.25) is 4.79 Å². The third-order valence-electron chi connectivity index (χ3n) is 3.41. The van der Waals surface area contributed by atoms with Crippen LogP contribution in [0.15, 0.2) is 35.7 Å². The molecule has 0 unspecified atom stereocenters. The van der Waals surface area contributed by atoms with Gasteiger partial charge in [-0.15, -0.1) is 11.3 Å². The molecular formula is C17H21NOS. The number of hydrogen-bond acceptors (Lipinski definition) is 2. The van der Waals surface area contributed by atoms with Crippen LogP contribution in [0.3, 0.4) is 0 Å². The largest absolute Gasteiger partial charge is 0.326 e. The molecule has 3 heteroatoms. The highest BCUT2D eigenvalue weighted by atomic mass is 32.1. The van der Waals surface area contributed by atoms with Crippen LogP contribution in [0.2, 0.25) is 0 Å². The van der Waals surface area contributed by atoms with E-state index in [1.165, 1.54) is 10.4 Å². The molecule has 0 atom stereocenters. The molecule has 106 valence electrons. The van der Waals surface area contributed by atoms with Crippen molar-refractivity contribution < 1.29 is 4.79 Å². The van der Waals surface area contributed by atoms with E-state index < -0.39 is 0 Å². The Hall–Kier alpha value is -1.61. The summed E-state index contributed by atoms with van der Waals surface area (Å²) in [5.74, 6) is 0.116. The predicted octanol–water partition coefficient (Wildman–Crippen LogP) is 4.58. The summed E-state index contributed by atoms with van der Waals surface area (Å²) in [5, 5.41) is 5.15. The average Bonchev–Trinajstić information content (AvgIpc) is 2.94. The first kappa shape index (κ1) is 14.8. The van der Waals surface area contributed by atoms with E-state index in [1.807, 2.05) is 19.1 Å². The zero-order chi connectivity index (χ0) is 14.4. The van der Waals surface area contributed by atoms with Crippen molar-refractivity contribution in [1.82, 2.24) is 0 Å². The predicted molar refractivity (Wildman–Crippen MR) is 86.4 cm³/mol. The van der Waals surface area contributed by atoms with Gasteiger partial charge in [0.1, 0.15) is 0 Å². The number of para-hydroxylation sites is 1. The normalized spacial score (nSPS) is 10.5. The number of carbonyl (C=O) groups is 1. The van der Waals surface area contributed by atoms with Crippen LogP contribution in [0.4, 0.5) is 5.69 Å². The second-order valence-corrected chi connectivity index (χ2v) is 5.98. The smallest absolute Gasteiger partial charge is 0.224 e. The number of amides is 1. The number of rotatable bonds is 6. The number of aryl methyl sites for hydroxylation is 3. The van der Waals surface area contributed by atoms with Crippen molar-refractivity contribution in [2.24, 2.45) is 0 Å². The van der Waals surface area contributed by atoms with Gasteiger partial charge in [0, 0.05) is 17.0 Å². The Morgan fingerprint density at radius 3 is 2.80 bits per heavy atom. The van der Waals surface area contributed by atoms with Gasteiger partial charge in [-0.1, -0.05) is 31.2 Å². The first-order valence-electron chi connectivity index (χ1n) is 7.11. The molecule has 0 saturated carbocycles. The fraction of sp³-hybridized carbons (Fsp3) is 0.353. The topological polar surface area (TPSA) is 29.1 Å². The summed E-state index contributed by atoms with van der Waals surface area (Å²) in [4.78, 5) is 13.4. The van der Waals surface area contributed by atoms with Gasteiger partial charge < -0.3 is 5.32 Å². The van der Waals surface area contributed by atoms with E-state index in [0.717, 1.165) is 30.5 Å². The maximum absolute atomic E-state index is 12.1. The second-order valence-electron chi connectivity index (χ2n) is 4.94. The molecule has 1 heterocycles. The molecule has 2 rings (SSSR count). The zero-order valence-corrected chi connectivity index (χ0v) is 12.9. The molecule has 0 saturated heterocycles. The molecule has 0 radical (unpaired) electrons. The van der Waals surface area contributed by atoms with Crippen LogP contribution in [0.5, 0.6) is 0 Å². The van der Waals surface area contributed by atoms with Gasteiger partial charge in [-0.05, 0) is 48.8 Å². The first-order valence-corrected chi connectivity index (χ1v) is 7.99. The Balaban J connectivity index is 1.88. The SMILES string of the molecule is CCc1cccc(C)c1NC(=O)CCCc1cccs1. The molecule has 2 aromatic rings. The van der Waals surface area contributed by atoms with Gasteiger partial charge in [-0.25, -0.2) is 0 Å². The van der Waals surface area contributed by atoms with Crippen LogP contribution in [0.25, 0.3) is 0 Å². The van der Waals surface area contributed by atoms with E-state index in [4.69, 9.17) is 0 Å². The Morgan fingerprint density at radius 2 is 2.10 bits per heavy atom. The van der Waals surface area contributed by atoms with E-state index in [-0.39, 0.29) is 5.91 Å². The van der Waals surface area contributed by atoms with Crippen LogP contribution < -0.4 is 5.32 Å². The zero-order valence-electron chi connectivity index (χ0n) is 12.1. The fourth-order valence-corrected chi connectivity index (χ4v) is 3.03. The molecule has 2 nitrogen and oxygen atoms in total. The lowest BCUT2D eigenvalue weighted by Crippen LogP contribution is -2.14. The van der Waals surface area contributed by atoms with Gasteiger partial charge >= 0.3 is 0 Å². The number of carbonyl (C=O) groups excluding carboxylic acids is 1. The number of nitrogens with one attached hydrogen (secondary N) is 1. The highest BCUT2D eigenvalue weighted by Crippen LogP contribution is 2.21. The van der Waals surface area contributed by atoms with Crippen LogP contribution in [-0.4, -0.2) is 5.91 Å². The standard InChI is InChI=1S/C17H21NOS/c1-3-14-8-4-7-13(2)17(14)18-16(19)11-5-9-15-10-6-12-20-15/h4,6-8,10,12H,3,5,9,11H2,1-2H3,(H,18,19). The van der Waals surface area contributed by atoms with Crippen molar-refractivity contribution in [1.29, 1.82) is 0 Å². The van der Waals surface area contributed by atoms with Crippen LogP contribution >= 0.6 is 11.3 Å². The van der Waals surface area contributed by atoms with Gasteiger partial charge in [0.25, 0.3) is 0 Å². The van der Waals surface area contributed by atoms with Crippen molar-refractivity contribution in [2.45, 2.75) is 39.5 Å². The van der Waals surface area contributed by atoms with E-state index in [0.29, 0.717) is 6.42 Å². The molecule has 1 aromatic heterocycles. The lowest BCUT2D eigenvalue weighted by atomic mass is 10.1. The second kappa shape index (κ2) is 7.25. The maximum Gasteiger partial charge on any atom is 0.224 e. The van der Waals surface area contributed by atoms with Crippen molar-refractivity contribution in [3.63, 3.8) is 0 Å². The molecule has 0 aliphatic heterocycles. The van der Waals surface area contributed by atoms with Crippen molar-refractivity contribution in [2.75, 3.05) is 5.32 Å². The number of benzene rings is 1. The highest BCUT2D eigenvalue weighted by molar-refractivity contribution is 7.09. The summed E-state index contributed by atoms with van der Waals surface area (Å²) in [7, 11) is 0. The minimum atomic E-state index is 0.116. The summed E-state index contributed by atoms with van der Waals surface area (Å²) in [6, 6.07) is 10.3. The lowest BCUT2D eigenvalue weighted by molar-refractivity contribution is -0.116. The molecule has 1 aromatic carbocycles. The molecule has 0 bridgehead atoms. The van der Waals surface area contributed by atoms with Crippen molar-refractivity contribution >= 4 is 22.9 Å². The van der Waals surface area contributed by atoms with Crippen LogP contribution in [-0.2, 0) is 17.6 Å². The molecule has 20 heavy (non-hydrogen) atoms. The molecule has 1 N–H and O–H groups in total. The molecule has 0 aliphatic carbocycles. The van der Waals surface area contributed by atoms with Gasteiger partial charge in [0.2, 0.25) is 5.91 Å². The maximum atomic E-state index is 12.1. The first-order chi connectivity index (χ1) is 9.70. The summed E-state index contributed by atoms with van der Waals surface area (Å²) in [6.45, 7) is 4.15. The van der Waals surface area contributed by atoms with Crippen molar-refractivity contribution in [3.05, 3.63) is 51.7 Å². The Labute approximate surface area is 124 Å². The average molecular weight is 287 g/mol. The Bertz CT molecular complexity index is 560. The number of anilines is 1. The monoisotopic (exact) mass is 287 g/mol. The minimum absolute atomic E-state index is 0.116. The molecule has 1 amide bonds. The van der Waals surface area contributed by atoms with Crippen LogP contribution in [0.1, 0.15) is 35.8 Å². The number of hydrogen-bond donors (Lipinski definition) is 1. The number of thiophene rings is 1. The molecule has 0 spiro atoms. The Kier molecular flexibility index (Phi) is 5.36. The van der Waals surface area contributed by atoms with Crippen LogP contribution in [0, 0.1) is 6.92 Å². The summed E-state index contributed by atoms with van der Waals surface area (Å²) >= 11 is 1.76. The molecular weight excluding hydrogens is 266 g/mol. The molecule has 0 aliphatic rings. The summed E-state index contributed by atoms with van der Waals surface area (Å²) in [5.41, 5.74) is 3.34. The van der Waals surface area contributed by atoms with E-state index in [9.17, 15) is 4.79 Å². The molecule has 0 fully saturated rings. The third-order valence-corrected chi connectivity index (χ3v) is 4.35. The quantitative estimate of drug-likeness (QED) is 0.827. The highest BCUT2D eigenvalue weighted by Gasteiger charge is 2.08. The van der Waals surface area contributed by atoms with Gasteiger partial charge in [0.05, 0.1) is 0 Å². The van der Waals surface area contributed by atoms with E-state index in [1.54, 1.807) is 11.3 Å². The lowest BCUT2D eigenvalue weighted by Gasteiger charge is -2.12. The minimum Gasteiger partial charge on any atom is -0.326 e.